The first-order chi connectivity index (χ1) is 7.83. The molecule has 3 atom stereocenters. The van der Waals surface area contributed by atoms with E-state index in [1.165, 1.54) is 25.7 Å². The summed E-state index contributed by atoms with van der Waals surface area (Å²) < 4.78 is 5.79. The summed E-state index contributed by atoms with van der Waals surface area (Å²) in [7, 11) is 0. The van der Waals surface area contributed by atoms with Crippen LogP contribution in [0.25, 0.3) is 0 Å². The highest BCUT2D eigenvalue weighted by molar-refractivity contribution is 4.98. The lowest BCUT2D eigenvalue weighted by molar-refractivity contribution is -0.0392. The van der Waals surface area contributed by atoms with Gasteiger partial charge in [0.25, 0.3) is 0 Å². The van der Waals surface area contributed by atoms with Crippen molar-refractivity contribution in [2.45, 2.75) is 50.0 Å². The Bertz CT molecular complexity index is 285. The summed E-state index contributed by atoms with van der Waals surface area (Å²) in [5, 5.41) is 12.5. The van der Waals surface area contributed by atoms with Crippen molar-refractivity contribution >= 4 is 0 Å². The largest absolute Gasteiger partial charge is 0.372 e. The third kappa shape index (κ3) is 2.37. The van der Waals surface area contributed by atoms with Crippen molar-refractivity contribution in [2.24, 2.45) is 0 Å². The minimum atomic E-state index is 0.00463. The summed E-state index contributed by atoms with van der Waals surface area (Å²) >= 11 is 0. The quantitative estimate of drug-likeness (QED) is 0.751. The van der Waals surface area contributed by atoms with Crippen LogP contribution in [-0.4, -0.2) is 48.8 Å². The van der Waals surface area contributed by atoms with E-state index in [2.05, 4.69) is 16.3 Å². The van der Waals surface area contributed by atoms with Crippen LogP contribution in [0.5, 0.6) is 0 Å². The molecule has 0 radical (unpaired) electrons. The Labute approximate surface area is 96.6 Å². The zero-order chi connectivity index (χ0) is 11.0. The Morgan fingerprint density at radius 2 is 1.94 bits per heavy atom. The fourth-order valence-corrected chi connectivity index (χ4v) is 2.77. The van der Waals surface area contributed by atoms with Crippen LogP contribution >= 0.6 is 0 Å². The number of ether oxygens (including phenoxy) is 1. The predicted octanol–water partition coefficient (Wildman–Crippen LogP) is 0.494. The average molecular weight is 221 g/mol. The molecular formula is C12H19N3O. The lowest BCUT2D eigenvalue weighted by Crippen LogP contribution is -2.48. The maximum absolute atomic E-state index is 9.11. The highest BCUT2D eigenvalue weighted by Gasteiger charge is 2.35. The molecular weight excluding hydrogens is 202 g/mol. The Kier molecular flexibility index (Phi) is 2.84. The van der Waals surface area contributed by atoms with Crippen molar-refractivity contribution in [1.82, 2.24) is 10.2 Å². The van der Waals surface area contributed by atoms with E-state index in [0.29, 0.717) is 18.2 Å². The molecule has 3 rings (SSSR count). The minimum Gasteiger partial charge on any atom is -0.372 e. The van der Waals surface area contributed by atoms with Crippen molar-refractivity contribution in [3.8, 4) is 6.07 Å². The number of fused-ring (bicyclic) bond motifs is 2. The number of hydrogen-bond acceptors (Lipinski definition) is 4. The molecule has 0 aromatic rings. The number of nitriles is 1. The van der Waals surface area contributed by atoms with E-state index in [4.69, 9.17) is 10.00 Å². The van der Waals surface area contributed by atoms with E-state index in [-0.39, 0.29) is 6.04 Å². The van der Waals surface area contributed by atoms with Gasteiger partial charge in [-0.25, -0.2) is 0 Å². The Hall–Kier alpha value is -0.630. The van der Waals surface area contributed by atoms with Gasteiger partial charge in [0, 0.05) is 25.7 Å². The molecule has 1 saturated carbocycles. The Balaban J connectivity index is 1.51. The van der Waals surface area contributed by atoms with Crippen molar-refractivity contribution in [1.29, 1.82) is 5.26 Å². The Morgan fingerprint density at radius 3 is 2.50 bits per heavy atom. The van der Waals surface area contributed by atoms with Crippen LogP contribution in [0.3, 0.4) is 0 Å². The molecule has 0 aromatic heterocycles. The summed E-state index contributed by atoms with van der Waals surface area (Å²) in [5.41, 5.74) is 0. The van der Waals surface area contributed by atoms with E-state index in [1.807, 2.05) is 0 Å². The van der Waals surface area contributed by atoms with Crippen LogP contribution in [0.2, 0.25) is 0 Å². The maximum Gasteiger partial charge on any atom is 0.108 e. The third-order valence-corrected chi connectivity index (χ3v) is 3.73. The van der Waals surface area contributed by atoms with Crippen molar-refractivity contribution in [3.63, 3.8) is 0 Å². The molecule has 3 fully saturated rings. The third-order valence-electron chi connectivity index (χ3n) is 3.73. The van der Waals surface area contributed by atoms with Gasteiger partial charge in [-0.3, -0.25) is 10.2 Å². The normalized spacial score (nSPS) is 35.9. The van der Waals surface area contributed by atoms with E-state index in [0.717, 1.165) is 19.6 Å². The van der Waals surface area contributed by atoms with Crippen LogP contribution in [-0.2, 0) is 4.74 Å². The first-order valence-electron chi connectivity index (χ1n) is 6.37. The second-order valence-electron chi connectivity index (χ2n) is 5.30. The maximum atomic E-state index is 9.11. The molecule has 3 unspecified atom stereocenters. The topological polar surface area (TPSA) is 48.3 Å². The molecule has 1 N–H and O–H groups in total. The average Bonchev–Trinajstić information content (AvgIpc) is 3.03. The molecule has 0 amide bonds. The van der Waals surface area contributed by atoms with Crippen molar-refractivity contribution in [3.05, 3.63) is 0 Å². The second-order valence-corrected chi connectivity index (χ2v) is 5.30. The van der Waals surface area contributed by atoms with Crippen LogP contribution < -0.4 is 5.32 Å². The van der Waals surface area contributed by atoms with Gasteiger partial charge in [-0.15, -0.1) is 0 Å². The molecule has 1 aliphatic carbocycles. The van der Waals surface area contributed by atoms with Crippen LogP contribution in [0.1, 0.15) is 25.7 Å². The summed E-state index contributed by atoms with van der Waals surface area (Å²) in [6.07, 6.45) is 5.75. The number of hydrogen-bond donors (Lipinski definition) is 1. The lowest BCUT2D eigenvalue weighted by atomic mass is 10.2. The summed E-state index contributed by atoms with van der Waals surface area (Å²) in [6, 6.07) is 3.00. The summed E-state index contributed by atoms with van der Waals surface area (Å²) in [6.45, 7) is 2.89. The van der Waals surface area contributed by atoms with Gasteiger partial charge in [-0.2, -0.15) is 5.26 Å². The molecule has 0 aromatic carbocycles. The van der Waals surface area contributed by atoms with Crippen LogP contribution in [0, 0.1) is 11.3 Å². The molecule has 2 aliphatic heterocycles. The van der Waals surface area contributed by atoms with Crippen molar-refractivity contribution in [2.75, 3.05) is 19.6 Å². The van der Waals surface area contributed by atoms with Crippen molar-refractivity contribution < 1.29 is 4.74 Å². The van der Waals surface area contributed by atoms with Crippen LogP contribution in [0.15, 0.2) is 0 Å². The number of rotatable bonds is 4. The van der Waals surface area contributed by atoms with E-state index in [9.17, 15) is 0 Å². The van der Waals surface area contributed by atoms with E-state index in [1.54, 1.807) is 0 Å². The lowest BCUT2D eigenvalue weighted by Gasteiger charge is -2.33. The zero-order valence-electron chi connectivity index (χ0n) is 9.56. The van der Waals surface area contributed by atoms with Gasteiger partial charge >= 0.3 is 0 Å². The molecule has 4 heteroatoms. The molecule has 0 spiro atoms. The molecule has 4 nitrogen and oxygen atoms in total. The van der Waals surface area contributed by atoms with E-state index >= 15 is 0 Å². The van der Waals surface area contributed by atoms with E-state index < -0.39 is 0 Å². The minimum absolute atomic E-state index is 0.00463. The highest BCUT2D eigenvalue weighted by Crippen LogP contribution is 2.26. The number of likely N-dealkylation sites (tertiary alicyclic amines) is 1. The van der Waals surface area contributed by atoms with Gasteiger partial charge in [0.05, 0.1) is 18.3 Å². The van der Waals surface area contributed by atoms with Gasteiger partial charge in [0.2, 0.25) is 0 Å². The predicted molar refractivity (Wildman–Crippen MR) is 59.9 cm³/mol. The standard InChI is InChI=1S/C12H19N3O/c13-5-10(14-9-1-2-9)6-15-7-11-3-4-12(8-15)16-11/h9-12,14H,1-4,6-8H2. The molecule has 16 heavy (non-hydrogen) atoms. The van der Waals surface area contributed by atoms with Gasteiger partial charge < -0.3 is 4.74 Å². The highest BCUT2D eigenvalue weighted by atomic mass is 16.5. The second kappa shape index (κ2) is 4.33. The van der Waals surface area contributed by atoms with Gasteiger partial charge in [0.15, 0.2) is 0 Å². The summed E-state index contributed by atoms with van der Waals surface area (Å²) in [5.74, 6) is 0. The molecule has 2 bridgehead atoms. The molecule has 2 heterocycles. The first kappa shape index (κ1) is 10.5. The smallest absolute Gasteiger partial charge is 0.108 e. The number of nitrogens with zero attached hydrogens (tertiary/aromatic N) is 2. The van der Waals surface area contributed by atoms with Gasteiger partial charge in [0.1, 0.15) is 6.04 Å². The molecule has 2 saturated heterocycles. The monoisotopic (exact) mass is 221 g/mol. The summed E-state index contributed by atoms with van der Waals surface area (Å²) in [4.78, 5) is 2.40. The number of nitrogens with one attached hydrogen (secondary N) is 1. The first-order valence-corrected chi connectivity index (χ1v) is 6.37. The SMILES string of the molecule is N#CC(CN1CC2CCC(C1)O2)NC1CC1. The van der Waals surface area contributed by atoms with Gasteiger partial charge in [-0.1, -0.05) is 0 Å². The molecule has 88 valence electrons. The zero-order valence-corrected chi connectivity index (χ0v) is 9.56. The van der Waals surface area contributed by atoms with Crippen LogP contribution in [0.4, 0.5) is 0 Å². The number of morpholine rings is 1. The molecule has 3 aliphatic rings. The fourth-order valence-electron chi connectivity index (χ4n) is 2.77. The van der Waals surface area contributed by atoms with Gasteiger partial charge in [-0.05, 0) is 25.7 Å². The Morgan fingerprint density at radius 1 is 1.25 bits per heavy atom. The fraction of sp³-hybridized carbons (Fsp3) is 0.917.